The predicted molar refractivity (Wildman–Crippen MR) is 57.4 cm³/mol. The molecule has 0 saturated heterocycles. The van der Waals surface area contributed by atoms with Crippen molar-refractivity contribution in [2.75, 3.05) is 5.75 Å². The van der Waals surface area contributed by atoms with Crippen molar-refractivity contribution in [3.8, 4) is 0 Å². The molecule has 3 heteroatoms. The molecule has 1 atom stereocenters. The van der Waals surface area contributed by atoms with E-state index in [1.807, 2.05) is 18.2 Å². The smallest absolute Gasteiger partial charge is 0.176 e. The maximum absolute atomic E-state index is 11.5. The summed E-state index contributed by atoms with van der Waals surface area (Å²) in [6.45, 7) is 0. The number of hydrogen-bond donors (Lipinski definition) is 2. The van der Waals surface area contributed by atoms with Gasteiger partial charge in [0, 0.05) is 11.3 Å². The van der Waals surface area contributed by atoms with Crippen LogP contribution >= 0.6 is 25.3 Å². The summed E-state index contributed by atoms with van der Waals surface area (Å²) in [4.78, 5) is 11.5. The Bertz CT molecular complexity index is 258. The maximum atomic E-state index is 11.5. The van der Waals surface area contributed by atoms with Gasteiger partial charge in [0.25, 0.3) is 0 Å². The molecule has 1 rings (SSSR count). The molecule has 0 aliphatic carbocycles. The van der Waals surface area contributed by atoms with Gasteiger partial charge in [-0.05, 0) is 0 Å². The summed E-state index contributed by atoms with van der Waals surface area (Å²) in [7, 11) is 0. The van der Waals surface area contributed by atoms with Gasteiger partial charge in [0.2, 0.25) is 0 Å². The monoisotopic (exact) mass is 198 g/mol. The summed E-state index contributed by atoms with van der Waals surface area (Å²) >= 11 is 8.12. The Morgan fingerprint density at radius 1 is 1.33 bits per heavy atom. The van der Waals surface area contributed by atoms with Gasteiger partial charge in [0.15, 0.2) is 5.78 Å². The fourth-order valence-electron chi connectivity index (χ4n) is 0.878. The van der Waals surface area contributed by atoms with Gasteiger partial charge >= 0.3 is 0 Å². The highest BCUT2D eigenvalue weighted by molar-refractivity contribution is 7.85. The Balaban J connectivity index is 2.79. The van der Waals surface area contributed by atoms with Gasteiger partial charge in [-0.25, -0.2) is 0 Å². The average Bonchev–Trinajstić information content (AvgIpc) is 2.17. The molecule has 0 radical (unpaired) electrons. The lowest BCUT2D eigenvalue weighted by Gasteiger charge is -2.04. The number of rotatable bonds is 3. The van der Waals surface area contributed by atoms with E-state index < -0.39 is 0 Å². The van der Waals surface area contributed by atoms with Gasteiger partial charge in [-0.15, -0.1) is 0 Å². The fourth-order valence-corrected chi connectivity index (χ4v) is 1.19. The van der Waals surface area contributed by atoms with Crippen molar-refractivity contribution in [3.05, 3.63) is 35.9 Å². The Morgan fingerprint density at radius 3 is 2.42 bits per heavy atom. The molecule has 0 saturated carbocycles. The minimum atomic E-state index is -0.296. The predicted octanol–water partition coefficient (Wildman–Crippen LogP) is 2.10. The Hall–Kier alpha value is -0.410. The van der Waals surface area contributed by atoms with Gasteiger partial charge < -0.3 is 0 Å². The first-order valence-electron chi connectivity index (χ1n) is 3.64. The molecule has 0 N–H and O–H groups in total. The van der Waals surface area contributed by atoms with E-state index in [9.17, 15) is 4.79 Å². The first kappa shape index (κ1) is 9.68. The molecular weight excluding hydrogens is 188 g/mol. The second kappa shape index (κ2) is 4.58. The summed E-state index contributed by atoms with van der Waals surface area (Å²) in [6.07, 6.45) is 0. The van der Waals surface area contributed by atoms with Crippen molar-refractivity contribution >= 4 is 31.0 Å². The molecular formula is C9H10OS2. The van der Waals surface area contributed by atoms with Gasteiger partial charge in [-0.2, -0.15) is 25.3 Å². The Labute approximate surface area is 83.0 Å². The molecule has 0 aromatic heterocycles. The topological polar surface area (TPSA) is 17.1 Å². The molecule has 0 bridgehead atoms. The Morgan fingerprint density at radius 2 is 1.92 bits per heavy atom. The molecule has 0 heterocycles. The summed E-state index contributed by atoms with van der Waals surface area (Å²) in [5, 5.41) is -0.296. The second-order valence-electron chi connectivity index (χ2n) is 2.43. The van der Waals surface area contributed by atoms with Crippen LogP contribution in [0.1, 0.15) is 10.4 Å². The van der Waals surface area contributed by atoms with Crippen molar-refractivity contribution in [1.29, 1.82) is 0 Å². The van der Waals surface area contributed by atoms with E-state index in [1.165, 1.54) is 0 Å². The van der Waals surface area contributed by atoms with Crippen molar-refractivity contribution in [2.24, 2.45) is 0 Å². The van der Waals surface area contributed by atoms with Crippen molar-refractivity contribution in [2.45, 2.75) is 5.25 Å². The number of thiol groups is 2. The minimum absolute atomic E-state index is 0.0360. The fraction of sp³-hybridized carbons (Fsp3) is 0.222. The largest absolute Gasteiger partial charge is 0.293 e. The standard InChI is InChI=1S/C9H10OS2/c10-9(8(12)6-11)7-4-2-1-3-5-7/h1-5,8,11-12H,6H2. The quantitative estimate of drug-likeness (QED) is 0.562. The van der Waals surface area contributed by atoms with Crippen LogP contribution in [0.5, 0.6) is 0 Å². The van der Waals surface area contributed by atoms with E-state index in [2.05, 4.69) is 25.3 Å². The first-order valence-corrected chi connectivity index (χ1v) is 4.79. The van der Waals surface area contributed by atoms with Crippen LogP contribution in [0.2, 0.25) is 0 Å². The van der Waals surface area contributed by atoms with Gasteiger partial charge in [-0.1, -0.05) is 30.3 Å². The van der Waals surface area contributed by atoms with Crippen molar-refractivity contribution < 1.29 is 4.79 Å². The lowest BCUT2D eigenvalue weighted by atomic mass is 10.1. The number of carbonyl (C=O) groups is 1. The molecule has 1 nitrogen and oxygen atoms in total. The van der Waals surface area contributed by atoms with Crippen LogP contribution < -0.4 is 0 Å². The molecule has 0 aliphatic rings. The van der Waals surface area contributed by atoms with Crippen LogP contribution in [-0.2, 0) is 0 Å². The van der Waals surface area contributed by atoms with Gasteiger partial charge in [-0.3, -0.25) is 4.79 Å². The number of hydrogen-bond acceptors (Lipinski definition) is 3. The molecule has 1 unspecified atom stereocenters. The van der Waals surface area contributed by atoms with E-state index >= 15 is 0 Å². The van der Waals surface area contributed by atoms with Crippen molar-refractivity contribution in [1.82, 2.24) is 0 Å². The summed E-state index contributed by atoms with van der Waals surface area (Å²) < 4.78 is 0. The summed E-state index contributed by atoms with van der Waals surface area (Å²) in [5.74, 6) is 0.505. The number of ketones is 1. The average molecular weight is 198 g/mol. The molecule has 1 aromatic rings. The number of Topliss-reactive ketones (excluding diaryl/α,β-unsaturated/α-hetero) is 1. The SMILES string of the molecule is O=C(c1ccccc1)C(S)CS. The summed E-state index contributed by atoms with van der Waals surface area (Å²) in [6, 6.07) is 9.13. The van der Waals surface area contributed by atoms with Crippen LogP contribution in [-0.4, -0.2) is 16.8 Å². The molecule has 0 spiro atoms. The van der Waals surface area contributed by atoms with Crippen LogP contribution in [0.3, 0.4) is 0 Å². The zero-order chi connectivity index (χ0) is 8.97. The third-order valence-electron chi connectivity index (χ3n) is 1.53. The van der Waals surface area contributed by atoms with Gasteiger partial charge in [0.1, 0.15) is 0 Å². The molecule has 1 aromatic carbocycles. The number of benzene rings is 1. The van der Waals surface area contributed by atoms with Crippen LogP contribution in [0.15, 0.2) is 30.3 Å². The lowest BCUT2D eigenvalue weighted by Crippen LogP contribution is -2.16. The third kappa shape index (κ3) is 2.29. The zero-order valence-corrected chi connectivity index (χ0v) is 8.26. The van der Waals surface area contributed by atoms with Crippen LogP contribution in [0.4, 0.5) is 0 Å². The molecule has 0 fully saturated rings. The molecule has 0 aliphatic heterocycles. The lowest BCUT2D eigenvalue weighted by molar-refractivity contribution is 0.0996. The van der Waals surface area contributed by atoms with Gasteiger partial charge in [0.05, 0.1) is 5.25 Å². The molecule has 0 amide bonds. The zero-order valence-electron chi connectivity index (χ0n) is 6.47. The van der Waals surface area contributed by atoms with Crippen molar-refractivity contribution in [3.63, 3.8) is 0 Å². The second-order valence-corrected chi connectivity index (χ2v) is 3.42. The first-order chi connectivity index (χ1) is 5.75. The van der Waals surface area contributed by atoms with E-state index in [1.54, 1.807) is 12.1 Å². The van der Waals surface area contributed by atoms with E-state index in [0.29, 0.717) is 11.3 Å². The Kier molecular flexibility index (Phi) is 3.69. The highest BCUT2D eigenvalue weighted by Gasteiger charge is 2.12. The maximum Gasteiger partial charge on any atom is 0.176 e. The van der Waals surface area contributed by atoms with Crippen LogP contribution in [0, 0.1) is 0 Å². The number of carbonyl (C=O) groups excluding carboxylic acids is 1. The summed E-state index contributed by atoms with van der Waals surface area (Å²) in [5.41, 5.74) is 0.701. The highest BCUT2D eigenvalue weighted by atomic mass is 32.1. The third-order valence-corrected chi connectivity index (χ3v) is 2.60. The normalized spacial score (nSPS) is 12.5. The van der Waals surface area contributed by atoms with Crippen LogP contribution in [0.25, 0.3) is 0 Å². The molecule has 12 heavy (non-hydrogen) atoms. The highest BCUT2D eigenvalue weighted by Crippen LogP contribution is 2.08. The van der Waals surface area contributed by atoms with E-state index in [4.69, 9.17) is 0 Å². The minimum Gasteiger partial charge on any atom is -0.293 e. The van der Waals surface area contributed by atoms with E-state index in [-0.39, 0.29) is 11.0 Å². The molecule has 64 valence electrons. The van der Waals surface area contributed by atoms with E-state index in [0.717, 1.165) is 0 Å².